The molecule has 0 saturated carbocycles. The maximum atomic E-state index is 14.7. The first-order valence-electron chi connectivity index (χ1n) is 13.2. The average molecular weight is 569 g/mol. The molecule has 0 radical (unpaired) electrons. The number of halogens is 2. The second kappa shape index (κ2) is 15.3. The Labute approximate surface area is 237 Å². The van der Waals surface area contributed by atoms with Gasteiger partial charge < -0.3 is 19.9 Å². The van der Waals surface area contributed by atoms with E-state index in [2.05, 4.69) is 39.7 Å². The van der Waals surface area contributed by atoms with Crippen LogP contribution in [-0.2, 0) is 11.2 Å². The summed E-state index contributed by atoms with van der Waals surface area (Å²) >= 11 is 0. The van der Waals surface area contributed by atoms with Crippen molar-refractivity contribution in [1.82, 2.24) is 20.1 Å². The number of ether oxygens (including phenoxy) is 1. The summed E-state index contributed by atoms with van der Waals surface area (Å²) in [4.78, 5) is 44.7. The third kappa shape index (κ3) is 10.2. The molecule has 0 saturated heterocycles. The predicted octanol–water partition coefficient (Wildman–Crippen LogP) is 5.24. The van der Waals surface area contributed by atoms with Crippen LogP contribution in [0, 0.1) is 11.6 Å². The van der Waals surface area contributed by atoms with Crippen LogP contribution in [0.15, 0.2) is 60.8 Å². The summed E-state index contributed by atoms with van der Waals surface area (Å²) in [5.41, 5.74) is 0.620. The molecule has 5 amide bonds. The maximum Gasteiger partial charge on any atom is 0.325 e. The number of urea groups is 2. The molecule has 0 unspecified atom stereocenters. The number of pyridine rings is 1. The Kier molecular flexibility index (Phi) is 11.5. The van der Waals surface area contributed by atoms with Gasteiger partial charge in [-0.15, -0.1) is 0 Å². The van der Waals surface area contributed by atoms with Gasteiger partial charge in [0.2, 0.25) is 5.91 Å². The minimum Gasteiger partial charge on any atom is -0.454 e. The largest absolute Gasteiger partial charge is 0.454 e. The molecule has 12 heteroatoms. The van der Waals surface area contributed by atoms with E-state index in [9.17, 15) is 23.2 Å². The quantitative estimate of drug-likeness (QED) is 0.275. The lowest BCUT2D eigenvalue weighted by Crippen LogP contribution is -2.35. The van der Waals surface area contributed by atoms with Crippen LogP contribution in [0.5, 0.6) is 11.5 Å². The smallest absolute Gasteiger partial charge is 0.325 e. The highest BCUT2D eigenvalue weighted by atomic mass is 19.1. The van der Waals surface area contributed by atoms with Crippen molar-refractivity contribution < 1.29 is 27.9 Å². The molecule has 3 N–H and O–H groups in total. The number of hydrogen-bond donors (Lipinski definition) is 3. The number of nitrogens with zero attached hydrogens (tertiary/aromatic N) is 3. The van der Waals surface area contributed by atoms with Crippen LogP contribution in [0.25, 0.3) is 0 Å². The van der Waals surface area contributed by atoms with Gasteiger partial charge in [-0.1, -0.05) is 26.0 Å². The van der Waals surface area contributed by atoms with Crippen LogP contribution in [0.2, 0.25) is 0 Å². The molecule has 1 heterocycles. The highest BCUT2D eigenvalue weighted by molar-refractivity contribution is 6.01. The van der Waals surface area contributed by atoms with Crippen LogP contribution >= 0.6 is 0 Å². The molecule has 0 fully saturated rings. The lowest BCUT2D eigenvalue weighted by Gasteiger charge is -2.21. The Morgan fingerprint density at radius 3 is 2.34 bits per heavy atom. The molecule has 3 aromatic rings. The molecule has 0 atom stereocenters. The van der Waals surface area contributed by atoms with Gasteiger partial charge in [0.25, 0.3) is 0 Å². The predicted molar refractivity (Wildman–Crippen MR) is 152 cm³/mol. The Morgan fingerprint density at radius 1 is 0.927 bits per heavy atom. The number of benzene rings is 2. The van der Waals surface area contributed by atoms with Gasteiger partial charge in [-0.3, -0.25) is 15.4 Å². The van der Waals surface area contributed by atoms with Crippen LogP contribution in [0.4, 0.5) is 29.9 Å². The molecule has 10 nitrogen and oxygen atoms in total. The number of hydrogen-bond acceptors (Lipinski definition) is 6. The fourth-order valence-corrected chi connectivity index (χ4v) is 3.83. The van der Waals surface area contributed by atoms with Gasteiger partial charge in [0.15, 0.2) is 11.6 Å². The van der Waals surface area contributed by atoms with E-state index in [1.807, 2.05) is 0 Å². The highest BCUT2D eigenvalue weighted by Gasteiger charge is 2.14. The van der Waals surface area contributed by atoms with Gasteiger partial charge in [-0.25, -0.2) is 23.4 Å². The molecule has 0 aliphatic rings. The summed E-state index contributed by atoms with van der Waals surface area (Å²) in [5.74, 6) is -1.46. The Hall–Kier alpha value is -4.58. The Morgan fingerprint density at radius 2 is 1.66 bits per heavy atom. The molecule has 2 aromatic carbocycles. The lowest BCUT2D eigenvalue weighted by molar-refractivity contribution is -0.119. The van der Waals surface area contributed by atoms with Gasteiger partial charge >= 0.3 is 12.1 Å². The van der Waals surface area contributed by atoms with Crippen molar-refractivity contribution in [3.8, 4) is 11.5 Å². The minimum atomic E-state index is -0.849. The second-order valence-corrected chi connectivity index (χ2v) is 9.16. The van der Waals surface area contributed by atoms with Crippen molar-refractivity contribution in [3.63, 3.8) is 0 Å². The third-order valence-corrected chi connectivity index (χ3v) is 6.12. The SMILES string of the molecule is CCN(CC)CCCN(C)C(=O)Nc1cc(Oc2ccc(NC(=O)NC(=O)Cc3ccc(F)cc3)cc2F)ccn1. The van der Waals surface area contributed by atoms with Gasteiger partial charge in [-0.2, -0.15) is 0 Å². The van der Waals surface area contributed by atoms with Crippen LogP contribution in [-0.4, -0.2) is 66.0 Å². The van der Waals surface area contributed by atoms with E-state index in [0.717, 1.165) is 32.1 Å². The number of imide groups is 1. The molecular weight excluding hydrogens is 534 g/mol. The van der Waals surface area contributed by atoms with Gasteiger partial charge in [0, 0.05) is 37.6 Å². The molecule has 0 bridgehead atoms. The summed E-state index contributed by atoms with van der Waals surface area (Å²) < 4.78 is 33.3. The Balaban J connectivity index is 1.51. The summed E-state index contributed by atoms with van der Waals surface area (Å²) in [6, 6.07) is 10.9. The number of amides is 5. The summed E-state index contributed by atoms with van der Waals surface area (Å²) in [5, 5.41) is 7.21. The zero-order valence-corrected chi connectivity index (χ0v) is 23.2. The molecule has 3 rings (SSSR count). The number of anilines is 2. The minimum absolute atomic E-state index is 0.0913. The number of rotatable bonds is 12. The van der Waals surface area contributed by atoms with E-state index in [4.69, 9.17) is 4.74 Å². The summed E-state index contributed by atoms with van der Waals surface area (Å²) in [6.07, 6.45) is 2.13. The van der Waals surface area contributed by atoms with E-state index in [0.29, 0.717) is 12.1 Å². The van der Waals surface area contributed by atoms with Gasteiger partial charge in [0.05, 0.1) is 6.42 Å². The number of nitrogens with one attached hydrogen (secondary N) is 3. The molecule has 1 aromatic heterocycles. The van der Waals surface area contributed by atoms with Crippen molar-refractivity contribution in [2.75, 3.05) is 43.9 Å². The van der Waals surface area contributed by atoms with E-state index < -0.39 is 23.6 Å². The molecule has 41 heavy (non-hydrogen) atoms. The number of aromatic nitrogens is 1. The fraction of sp³-hybridized carbons (Fsp3) is 0.310. The normalized spacial score (nSPS) is 10.7. The number of carbonyl (C=O) groups is 3. The highest BCUT2D eigenvalue weighted by Crippen LogP contribution is 2.27. The molecule has 218 valence electrons. The molecule has 0 spiro atoms. The van der Waals surface area contributed by atoms with Gasteiger partial charge in [-0.05, 0) is 62.0 Å². The second-order valence-electron chi connectivity index (χ2n) is 9.16. The standard InChI is InChI=1S/C29H34F2N6O4/c1-4-37(5-2)16-6-15-36(3)29(40)34-26-19-23(13-14-32-26)41-25-12-11-22(18-24(25)31)33-28(39)35-27(38)17-20-7-9-21(30)10-8-20/h7-14,18-19H,4-6,15-17H2,1-3H3,(H,32,34,40)(H2,33,35,38,39). The first-order chi connectivity index (χ1) is 19.7. The van der Waals surface area contributed by atoms with Crippen molar-refractivity contribution in [2.24, 2.45) is 0 Å². The third-order valence-electron chi connectivity index (χ3n) is 6.12. The fourth-order valence-electron chi connectivity index (χ4n) is 3.83. The zero-order valence-electron chi connectivity index (χ0n) is 23.2. The average Bonchev–Trinajstić information content (AvgIpc) is 2.94. The van der Waals surface area contributed by atoms with Gasteiger partial charge in [0.1, 0.15) is 17.4 Å². The Bertz CT molecular complexity index is 1340. The van der Waals surface area contributed by atoms with Crippen molar-refractivity contribution in [1.29, 1.82) is 0 Å². The van der Waals surface area contributed by atoms with E-state index >= 15 is 0 Å². The van der Waals surface area contributed by atoms with Crippen LogP contribution in [0.3, 0.4) is 0 Å². The molecule has 0 aliphatic heterocycles. The molecular formula is C29H34F2N6O4. The van der Waals surface area contributed by atoms with Crippen molar-refractivity contribution in [3.05, 3.63) is 78.0 Å². The van der Waals surface area contributed by atoms with Crippen molar-refractivity contribution in [2.45, 2.75) is 26.7 Å². The van der Waals surface area contributed by atoms with Crippen LogP contribution in [0.1, 0.15) is 25.8 Å². The monoisotopic (exact) mass is 568 g/mol. The maximum absolute atomic E-state index is 14.7. The summed E-state index contributed by atoms with van der Waals surface area (Å²) in [7, 11) is 1.70. The lowest BCUT2D eigenvalue weighted by atomic mass is 10.1. The topological polar surface area (TPSA) is 116 Å². The molecule has 0 aliphatic carbocycles. The van der Waals surface area contributed by atoms with Crippen molar-refractivity contribution >= 4 is 29.5 Å². The zero-order chi connectivity index (χ0) is 29.8. The summed E-state index contributed by atoms with van der Waals surface area (Å²) in [6.45, 7) is 7.58. The van der Waals surface area contributed by atoms with E-state index in [-0.39, 0.29) is 35.5 Å². The number of carbonyl (C=O) groups excluding carboxylic acids is 3. The van der Waals surface area contributed by atoms with Crippen LogP contribution < -0.4 is 20.7 Å². The first-order valence-corrected chi connectivity index (χ1v) is 13.2. The van der Waals surface area contributed by atoms with E-state index in [1.54, 1.807) is 11.9 Å². The van der Waals surface area contributed by atoms with E-state index in [1.165, 1.54) is 54.7 Å². The first kappa shape index (κ1) is 31.0.